The molecule has 0 unspecified atom stereocenters. The first-order valence-corrected chi connectivity index (χ1v) is 7.71. The van der Waals surface area contributed by atoms with Gasteiger partial charge in [0.05, 0.1) is 5.54 Å². The van der Waals surface area contributed by atoms with Gasteiger partial charge in [-0.3, -0.25) is 9.69 Å². The Hall–Kier alpha value is -1.19. The number of hydrogen-bond donors (Lipinski definition) is 0. The largest absolute Gasteiger partial charge is 0.297 e. The average molecular weight is 273 g/mol. The minimum atomic E-state index is -0.279. The third-order valence-electron chi connectivity index (χ3n) is 4.43. The molecule has 19 heavy (non-hydrogen) atoms. The van der Waals surface area contributed by atoms with Crippen molar-refractivity contribution in [2.45, 2.75) is 31.2 Å². The number of carbonyl (C=O) groups excluding carboxylic acids is 1. The van der Waals surface area contributed by atoms with Gasteiger partial charge in [0, 0.05) is 10.3 Å². The maximum Gasteiger partial charge on any atom is 0.184 e. The van der Waals surface area contributed by atoms with Crippen molar-refractivity contribution in [1.82, 2.24) is 4.90 Å². The minimum Gasteiger partial charge on any atom is -0.297 e. The normalized spacial score (nSPS) is 18.3. The smallest absolute Gasteiger partial charge is 0.184 e. The molecule has 1 aliphatic rings. The molecule has 1 fully saturated rings. The van der Waals surface area contributed by atoms with E-state index in [0.717, 1.165) is 35.9 Å². The Labute approximate surface area is 118 Å². The Morgan fingerprint density at radius 1 is 1.21 bits per heavy atom. The van der Waals surface area contributed by atoms with Gasteiger partial charge in [-0.05, 0) is 49.8 Å². The highest BCUT2D eigenvalue weighted by atomic mass is 32.1. The molecule has 1 aromatic carbocycles. The average Bonchev–Trinajstić information content (AvgIpc) is 3.06. The third-order valence-corrected chi connectivity index (χ3v) is 5.40. The summed E-state index contributed by atoms with van der Waals surface area (Å²) in [5.74, 6) is 0.308. The molecule has 1 aromatic heterocycles. The second-order valence-corrected chi connectivity index (χ2v) is 6.52. The predicted octanol–water partition coefficient (Wildman–Crippen LogP) is 3.96. The van der Waals surface area contributed by atoms with Crippen molar-refractivity contribution in [3.05, 3.63) is 35.2 Å². The summed E-state index contributed by atoms with van der Waals surface area (Å²) >= 11 is 1.67. The van der Waals surface area contributed by atoms with Crippen LogP contribution in [0.15, 0.2) is 29.6 Å². The van der Waals surface area contributed by atoms with E-state index in [2.05, 4.69) is 22.4 Å². The molecule has 0 amide bonds. The fraction of sp³-hybridized carbons (Fsp3) is 0.438. The van der Waals surface area contributed by atoms with E-state index in [-0.39, 0.29) is 5.54 Å². The molecule has 1 heterocycles. The molecule has 2 aromatic rings. The summed E-state index contributed by atoms with van der Waals surface area (Å²) in [5.41, 5.74) is 0.626. The topological polar surface area (TPSA) is 20.3 Å². The number of thiophene rings is 1. The lowest BCUT2D eigenvalue weighted by Crippen LogP contribution is -2.48. The Balaban J connectivity index is 2.10. The first-order chi connectivity index (χ1) is 9.15. The minimum absolute atomic E-state index is 0.279. The Bertz CT molecular complexity index is 608. The molecule has 0 saturated heterocycles. The molecule has 100 valence electrons. The number of ketones is 1. The molecule has 3 rings (SSSR count). The van der Waals surface area contributed by atoms with Gasteiger partial charge in [0.1, 0.15) is 0 Å². The number of carbonyl (C=O) groups is 1. The summed E-state index contributed by atoms with van der Waals surface area (Å²) in [6.45, 7) is 0. The van der Waals surface area contributed by atoms with Crippen molar-refractivity contribution in [2.24, 2.45) is 0 Å². The zero-order chi connectivity index (χ0) is 13.5. The van der Waals surface area contributed by atoms with Crippen LogP contribution in [0.5, 0.6) is 0 Å². The molecule has 0 radical (unpaired) electrons. The van der Waals surface area contributed by atoms with Crippen LogP contribution in [0.1, 0.15) is 36.0 Å². The second-order valence-electron chi connectivity index (χ2n) is 5.61. The van der Waals surface area contributed by atoms with Gasteiger partial charge in [0.2, 0.25) is 0 Å². The van der Waals surface area contributed by atoms with Crippen molar-refractivity contribution in [3.63, 3.8) is 0 Å². The van der Waals surface area contributed by atoms with E-state index in [1.165, 1.54) is 5.39 Å². The summed E-state index contributed by atoms with van der Waals surface area (Å²) in [6.07, 6.45) is 4.29. The molecule has 0 spiro atoms. The summed E-state index contributed by atoms with van der Waals surface area (Å²) in [7, 11) is 4.08. The quantitative estimate of drug-likeness (QED) is 0.789. The lowest BCUT2D eigenvalue weighted by atomic mass is 9.86. The molecular formula is C16H19NOS. The zero-order valence-corrected chi connectivity index (χ0v) is 12.3. The number of nitrogens with zero attached hydrogens (tertiary/aromatic N) is 1. The Morgan fingerprint density at radius 3 is 2.63 bits per heavy atom. The highest BCUT2D eigenvalue weighted by Crippen LogP contribution is 2.38. The van der Waals surface area contributed by atoms with Crippen LogP contribution in [0.2, 0.25) is 0 Å². The monoisotopic (exact) mass is 273 g/mol. The molecule has 0 atom stereocenters. The Kier molecular flexibility index (Phi) is 3.19. The van der Waals surface area contributed by atoms with Crippen LogP contribution in [-0.2, 0) is 0 Å². The van der Waals surface area contributed by atoms with Crippen molar-refractivity contribution >= 4 is 27.2 Å². The van der Waals surface area contributed by atoms with Gasteiger partial charge < -0.3 is 0 Å². The van der Waals surface area contributed by atoms with Crippen molar-refractivity contribution in [1.29, 1.82) is 0 Å². The van der Waals surface area contributed by atoms with Crippen LogP contribution in [0.3, 0.4) is 0 Å². The van der Waals surface area contributed by atoms with Crippen molar-refractivity contribution in [3.8, 4) is 0 Å². The van der Waals surface area contributed by atoms with Gasteiger partial charge in [-0.15, -0.1) is 11.3 Å². The molecule has 0 N–H and O–H groups in total. The number of hydrogen-bond acceptors (Lipinski definition) is 3. The van der Waals surface area contributed by atoms with E-state index in [0.29, 0.717) is 5.78 Å². The number of Topliss-reactive ketones (excluding diaryl/α,β-unsaturated/α-hetero) is 1. The van der Waals surface area contributed by atoms with E-state index >= 15 is 0 Å². The molecule has 0 aliphatic heterocycles. The van der Waals surface area contributed by atoms with Crippen molar-refractivity contribution in [2.75, 3.05) is 14.1 Å². The van der Waals surface area contributed by atoms with Gasteiger partial charge in [-0.1, -0.05) is 25.0 Å². The van der Waals surface area contributed by atoms with Gasteiger partial charge in [0.25, 0.3) is 0 Å². The molecule has 0 bridgehead atoms. The molecule has 2 nitrogen and oxygen atoms in total. The highest BCUT2D eigenvalue weighted by Gasteiger charge is 2.43. The van der Waals surface area contributed by atoms with Crippen molar-refractivity contribution < 1.29 is 4.79 Å². The van der Waals surface area contributed by atoms with Crippen LogP contribution in [-0.4, -0.2) is 30.3 Å². The zero-order valence-electron chi connectivity index (χ0n) is 11.5. The third kappa shape index (κ3) is 1.92. The first kappa shape index (κ1) is 12.8. The SMILES string of the molecule is CN(C)C1(C(=O)c2cccc3ccsc23)CCCC1. The number of rotatable bonds is 3. The summed E-state index contributed by atoms with van der Waals surface area (Å²) in [5, 5.41) is 3.25. The summed E-state index contributed by atoms with van der Waals surface area (Å²) in [4.78, 5) is 15.2. The van der Waals surface area contributed by atoms with E-state index in [1.54, 1.807) is 11.3 Å². The lowest BCUT2D eigenvalue weighted by molar-refractivity contribution is 0.0695. The number of likely N-dealkylation sites (N-methyl/N-ethyl adjacent to an activating group) is 1. The standard InChI is InChI=1S/C16H19NOS/c1-17(2)16(9-3-4-10-16)15(18)13-7-5-6-12-8-11-19-14(12)13/h5-8,11H,3-4,9-10H2,1-2H3. The maximum atomic E-state index is 13.1. The van der Waals surface area contributed by atoms with E-state index in [9.17, 15) is 4.79 Å². The summed E-state index contributed by atoms with van der Waals surface area (Å²) < 4.78 is 1.14. The fourth-order valence-corrected chi connectivity index (χ4v) is 4.17. The van der Waals surface area contributed by atoms with Gasteiger partial charge in [0.15, 0.2) is 5.78 Å². The fourth-order valence-electron chi connectivity index (χ4n) is 3.26. The van der Waals surface area contributed by atoms with Gasteiger partial charge in [-0.2, -0.15) is 0 Å². The van der Waals surface area contributed by atoms with Crippen LogP contribution in [0, 0.1) is 0 Å². The van der Waals surface area contributed by atoms with Crippen LogP contribution < -0.4 is 0 Å². The maximum absolute atomic E-state index is 13.1. The van der Waals surface area contributed by atoms with Gasteiger partial charge in [-0.25, -0.2) is 0 Å². The van der Waals surface area contributed by atoms with E-state index in [4.69, 9.17) is 0 Å². The molecular weight excluding hydrogens is 254 g/mol. The highest BCUT2D eigenvalue weighted by molar-refractivity contribution is 7.17. The van der Waals surface area contributed by atoms with Crippen LogP contribution in [0.4, 0.5) is 0 Å². The Morgan fingerprint density at radius 2 is 1.95 bits per heavy atom. The molecule has 3 heteroatoms. The first-order valence-electron chi connectivity index (χ1n) is 6.84. The van der Waals surface area contributed by atoms with Crippen LogP contribution >= 0.6 is 11.3 Å². The van der Waals surface area contributed by atoms with E-state index in [1.807, 2.05) is 26.2 Å². The number of fused-ring (bicyclic) bond motifs is 1. The molecule has 1 aliphatic carbocycles. The van der Waals surface area contributed by atoms with E-state index < -0.39 is 0 Å². The van der Waals surface area contributed by atoms with Crippen LogP contribution in [0.25, 0.3) is 10.1 Å². The second kappa shape index (κ2) is 4.73. The predicted molar refractivity (Wildman–Crippen MR) is 81.0 cm³/mol. The van der Waals surface area contributed by atoms with Gasteiger partial charge >= 0.3 is 0 Å². The number of benzene rings is 1. The molecule has 1 saturated carbocycles. The lowest BCUT2D eigenvalue weighted by Gasteiger charge is -2.34. The summed E-state index contributed by atoms with van der Waals surface area (Å²) in [6, 6.07) is 8.17.